The predicted molar refractivity (Wildman–Crippen MR) is 60.9 cm³/mol. The number of H-pyrrole nitrogens is 1. The summed E-state index contributed by atoms with van der Waals surface area (Å²) >= 11 is 4.87. The molecule has 0 aromatic carbocycles. The van der Waals surface area contributed by atoms with E-state index in [1.807, 2.05) is 0 Å². The molecule has 2 heterocycles. The van der Waals surface area contributed by atoms with Crippen molar-refractivity contribution in [1.29, 1.82) is 0 Å². The summed E-state index contributed by atoms with van der Waals surface area (Å²) in [7, 11) is 0. The fourth-order valence-corrected chi connectivity index (χ4v) is 1.22. The molecule has 0 spiro atoms. The molecule has 0 saturated carbocycles. The summed E-state index contributed by atoms with van der Waals surface area (Å²) in [5.41, 5.74) is 0.446. The second kappa shape index (κ2) is 4.58. The molecule has 2 aromatic rings. The average Bonchev–Trinajstić information content (AvgIpc) is 2.30. The summed E-state index contributed by atoms with van der Waals surface area (Å²) in [6.45, 7) is 0. The van der Waals surface area contributed by atoms with Crippen molar-refractivity contribution < 1.29 is 0 Å². The molecule has 0 radical (unpaired) electrons. The number of nitrogens with zero attached hydrogens (tertiary/aromatic N) is 4. The van der Waals surface area contributed by atoms with Crippen LogP contribution in [-0.2, 0) is 0 Å². The molecule has 2 aromatic heterocycles. The Morgan fingerprint density at radius 2 is 2.19 bits per heavy atom. The molecule has 0 unspecified atom stereocenters. The molecule has 0 aliphatic carbocycles. The van der Waals surface area contributed by atoms with Crippen molar-refractivity contribution >= 4 is 18.4 Å². The zero-order valence-electron chi connectivity index (χ0n) is 8.07. The van der Waals surface area contributed by atoms with Crippen LogP contribution in [0.3, 0.4) is 0 Å². The van der Waals surface area contributed by atoms with E-state index >= 15 is 0 Å². The maximum atomic E-state index is 11.3. The Morgan fingerprint density at radius 1 is 1.44 bits per heavy atom. The van der Waals surface area contributed by atoms with Gasteiger partial charge in [-0.3, -0.25) is 14.9 Å². The number of hydrogen-bond acceptors (Lipinski definition) is 5. The van der Waals surface area contributed by atoms with Crippen molar-refractivity contribution in [3.63, 3.8) is 0 Å². The van der Waals surface area contributed by atoms with Gasteiger partial charge in [0.1, 0.15) is 6.20 Å². The molecule has 2 rings (SSSR count). The van der Waals surface area contributed by atoms with Crippen molar-refractivity contribution in [2.45, 2.75) is 0 Å². The van der Waals surface area contributed by atoms with Gasteiger partial charge in [-0.25, -0.2) is 0 Å². The Hall–Kier alpha value is -2.15. The van der Waals surface area contributed by atoms with Crippen LogP contribution in [0.1, 0.15) is 5.56 Å². The maximum absolute atomic E-state index is 11.3. The number of hydrogen-bond donors (Lipinski definition) is 1. The van der Waals surface area contributed by atoms with Gasteiger partial charge in [-0.05, 0) is 29.9 Å². The molecule has 80 valence electrons. The first-order chi connectivity index (χ1) is 7.77. The van der Waals surface area contributed by atoms with E-state index in [9.17, 15) is 4.79 Å². The van der Waals surface area contributed by atoms with Gasteiger partial charge in [-0.2, -0.15) is 14.9 Å². The summed E-state index contributed by atoms with van der Waals surface area (Å²) in [5, 5.41) is 9.98. The van der Waals surface area contributed by atoms with Gasteiger partial charge in [0.25, 0.3) is 5.56 Å². The first-order valence-electron chi connectivity index (χ1n) is 4.38. The van der Waals surface area contributed by atoms with Crippen molar-refractivity contribution in [2.24, 2.45) is 5.10 Å². The van der Waals surface area contributed by atoms with E-state index in [2.05, 4.69) is 20.3 Å². The van der Waals surface area contributed by atoms with E-state index < -0.39 is 0 Å². The second-order valence-electron chi connectivity index (χ2n) is 2.85. The van der Waals surface area contributed by atoms with Crippen LogP contribution < -0.4 is 5.56 Å². The highest BCUT2D eigenvalue weighted by Gasteiger charge is 1.93. The molecule has 0 aliphatic rings. The molecule has 0 saturated heterocycles. The third kappa shape index (κ3) is 2.26. The van der Waals surface area contributed by atoms with Gasteiger partial charge in [0.15, 0.2) is 0 Å². The Kier molecular flexibility index (Phi) is 2.97. The molecule has 16 heavy (non-hydrogen) atoms. The number of pyridine rings is 1. The van der Waals surface area contributed by atoms with Gasteiger partial charge >= 0.3 is 0 Å². The summed E-state index contributed by atoms with van der Waals surface area (Å²) in [6.07, 6.45) is 5.90. The Labute approximate surface area is 95.3 Å². The topological polar surface area (TPSA) is 75.9 Å². The molecule has 0 aliphatic heterocycles. The molecule has 0 fully saturated rings. The van der Waals surface area contributed by atoms with Crippen LogP contribution in [-0.4, -0.2) is 26.1 Å². The highest BCUT2D eigenvalue weighted by molar-refractivity contribution is 7.71. The van der Waals surface area contributed by atoms with Gasteiger partial charge in [0, 0.05) is 12.4 Å². The standard InChI is InChI=1S/C9H7N5OS/c15-8-6-11-13-9(16)14(8)12-5-7-1-3-10-4-2-7/h1-6H,(H,13,16)/b12-5+. The largest absolute Gasteiger partial charge is 0.293 e. The smallest absolute Gasteiger partial charge is 0.265 e. The van der Waals surface area contributed by atoms with Crippen molar-refractivity contribution in [2.75, 3.05) is 0 Å². The van der Waals surface area contributed by atoms with Crippen molar-refractivity contribution in [3.05, 3.63) is 51.4 Å². The molecule has 0 amide bonds. The predicted octanol–water partition coefficient (Wildman–Crippen LogP) is 0.578. The molecular formula is C9H7N5OS. The fourth-order valence-electron chi connectivity index (χ4n) is 1.03. The van der Waals surface area contributed by atoms with Gasteiger partial charge in [-0.1, -0.05) is 0 Å². The Bertz CT molecular complexity index is 587. The first-order valence-corrected chi connectivity index (χ1v) is 4.79. The lowest BCUT2D eigenvalue weighted by Gasteiger charge is -1.95. The molecular weight excluding hydrogens is 226 g/mol. The molecule has 7 heteroatoms. The second-order valence-corrected chi connectivity index (χ2v) is 3.24. The van der Waals surface area contributed by atoms with Crippen LogP contribution in [0.25, 0.3) is 0 Å². The van der Waals surface area contributed by atoms with Crippen molar-refractivity contribution in [1.82, 2.24) is 19.9 Å². The first kappa shape index (κ1) is 10.4. The minimum absolute atomic E-state index is 0.151. The van der Waals surface area contributed by atoms with E-state index in [-0.39, 0.29) is 10.3 Å². The summed E-state index contributed by atoms with van der Waals surface area (Å²) in [5.74, 6) is 0. The number of aromatic amines is 1. The van der Waals surface area contributed by atoms with Gasteiger partial charge in [-0.15, -0.1) is 0 Å². The summed E-state index contributed by atoms with van der Waals surface area (Å²) in [6, 6.07) is 3.53. The third-order valence-corrected chi connectivity index (χ3v) is 2.03. The Balaban J connectivity index is 2.39. The highest BCUT2D eigenvalue weighted by atomic mass is 32.1. The quantitative estimate of drug-likeness (QED) is 0.608. The van der Waals surface area contributed by atoms with Crippen LogP contribution in [0.2, 0.25) is 0 Å². The van der Waals surface area contributed by atoms with E-state index in [0.717, 1.165) is 16.4 Å². The van der Waals surface area contributed by atoms with Gasteiger partial charge in [0.2, 0.25) is 4.77 Å². The van der Waals surface area contributed by atoms with Crippen LogP contribution in [0.4, 0.5) is 0 Å². The van der Waals surface area contributed by atoms with E-state index in [1.165, 1.54) is 6.21 Å². The zero-order valence-corrected chi connectivity index (χ0v) is 8.89. The van der Waals surface area contributed by atoms with Crippen molar-refractivity contribution in [3.8, 4) is 0 Å². The normalized spacial score (nSPS) is 10.8. The third-order valence-electron chi connectivity index (χ3n) is 1.76. The minimum atomic E-state index is -0.381. The van der Waals surface area contributed by atoms with Crippen LogP contribution in [0, 0.1) is 4.77 Å². The van der Waals surface area contributed by atoms with Gasteiger partial charge < -0.3 is 0 Å². The summed E-state index contributed by atoms with van der Waals surface area (Å²) in [4.78, 5) is 15.2. The van der Waals surface area contributed by atoms with Crippen LogP contribution in [0.5, 0.6) is 0 Å². The molecule has 6 nitrogen and oxygen atoms in total. The zero-order chi connectivity index (χ0) is 11.4. The fraction of sp³-hybridized carbons (Fsp3) is 0. The summed E-state index contributed by atoms with van der Waals surface area (Å²) < 4.78 is 1.21. The van der Waals surface area contributed by atoms with Crippen LogP contribution >= 0.6 is 12.2 Å². The van der Waals surface area contributed by atoms with Crippen LogP contribution in [0.15, 0.2) is 40.6 Å². The van der Waals surface area contributed by atoms with E-state index in [0.29, 0.717) is 0 Å². The number of aromatic nitrogens is 4. The molecule has 0 bridgehead atoms. The average molecular weight is 233 g/mol. The Morgan fingerprint density at radius 3 is 2.88 bits per heavy atom. The minimum Gasteiger partial charge on any atom is -0.265 e. The lowest BCUT2D eigenvalue weighted by atomic mass is 10.3. The van der Waals surface area contributed by atoms with Gasteiger partial charge in [0.05, 0.1) is 6.21 Å². The monoisotopic (exact) mass is 233 g/mol. The lowest BCUT2D eigenvalue weighted by Crippen LogP contribution is -2.18. The SMILES string of the molecule is O=c1cn[nH]c(=S)n1/N=C/c1ccncc1. The highest BCUT2D eigenvalue weighted by Crippen LogP contribution is 1.91. The lowest BCUT2D eigenvalue weighted by molar-refractivity contribution is 0.738. The van der Waals surface area contributed by atoms with E-state index in [4.69, 9.17) is 12.2 Å². The molecule has 0 atom stereocenters. The maximum Gasteiger partial charge on any atom is 0.293 e. The number of rotatable bonds is 2. The number of nitrogens with one attached hydrogen (secondary N) is 1. The molecule has 1 N–H and O–H groups in total. The van der Waals surface area contributed by atoms with E-state index in [1.54, 1.807) is 24.5 Å².